The predicted octanol–water partition coefficient (Wildman–Crippen LogP) is 2.10. The summed E-state index contributed by atoms with van der Waals surface area (Å²) in [5.41, 5.74) is 4.62. The van der Waals surface area contributed by atoms with E-state index in [1.807, 2.05) is 10.6 Å². The van der Waals surface area contributed by atoms with E-state index < -0.39 is 5.91 Å². The van der Waals surface area contributed by atoms with E-state index in [1.165, 1.54) is 0 Å². The molecule has 3 N–H and O–H groups in total. The van der Waals surface area contributed by atoms with E-state index in [0.29, 0.717) is 12.1 Å². The van der Waals surface area contributed by atoms with E-state index in [9.17, 15) is 9.90 Å². The predicted molar refractivity (Wildman–Crippen MR) is 80.8 cm³/mol. The Balaban J connectivity index is 1.85. The normalized spacial score (nSPS) is 10.8. The maximum atomic E-state index is 11.5. The number of phenols is 1. The van der Waals surface area contributed by atoms with Crippen LogP contribution in [0.3, 0.4) is 0 Å². The molecule has 22 heavy (non-hydrogen) atoms. The molecular formula is C16H15N3O3. The van der Waals surface area contributed by atoms with Crippen LogP contribution in [-0.4, -0.2) is 25.8 Å². The zero-order valence-electron chi connectivity index (χ0n) is 11.7. The molecule has 0 atom stereocenters. The number of carbonyl (C=O) groups is 1. The van der Waals surface area contributed by atoms with Crippen LogP contribution >= 0.6 is 0 Å². The second kappa shape index (κ2) is 5.87. The van der Waals surface area contributed by atoms with Crippen LogP contribution in [0, 0.1) is 0 Å². The second-order valence-electron chi connectivity index (χ2n) is 5.00. The largest absolute Gasteiger partial charge is 0.508 e. The van der Waals surface area contributed by atoms with Gasteiger partial charge < -0.3 is 9.67 Å². The van der Waals surface area contributed by atoms with Crippen molar-refractivity contribution in [1.82, 2.24) is 15.0 Å². The first-order chi connectivity index (χ1) is 10.7. The fraction of sp³-hybridized carbons (Fsp3) is 0.125. The van der Waals surface area contributed by atoms with Crippen molar-refractivity contribution >= 4 is 16.9 Å². The van der Waals surface area contributed by atoms with E-state index in [2.05, 4.69) is 4.98 Å². The van der Waals surface area contributed by atoms with Crippen LogP contribution in [0.2, 0.25) is 0 Å². The van der Waals surface area contributed by atoms with Gasteiger partial charge in [-0.15, -0.1) is 0 Å². The number of rotatable bonds is 4. The van der Waals surface area contributed by atoms with Gasteiger partial charge in [-0.3, -0.25) is 10.0 Å². The van der Waals surface area contributed by atoms with Crippen molar-refractivity contribution in [3.05, 3.63) is 59.9 Å². The molecule has 0 aliphatic carbocycles. The fourth-order valence-electron chi connectivity index (χ4n) is 2.40. The molecule has 0 aliphatic rings. The number of benzene rings is 2. The molecule has 1 heterocycles. The van der Waals surface area contributed by atoms with Crippen molar-refractivity contribution in [3.8, 4) is 5.75 Å². The van der Waals surface area contributed by atoms with Gasteiger partial charge in [-0.25, -0.2) is 10.5 Å². The van der Waals surface area contributed by atoms with Crippen molar-refractivity contribution in [3.63, 3.8) is 0 Å². The van der Waals surface area contributed by atoms with Crippen LogP contribution in [0.1, 0.15) is 15.9 Å². The number of hydroxylamine groups is 1. The summed E-state index contributed by atoms with van der Waals surface area (Å²) in [6, 6.07) is 12.2. The highest BCUT2D eigenvalue weighted by atomic mass is 16.5. The number of aromatic hydroxyl groups is 1. The molecule has 0 saturated heterocycles. The van der Waals surface area contributed by atoms with Crippen molar-refractivity contribution in [1.29, 1.82) is 0 Å². The number of hydrogen-bond acceptors (Lipinski definition) is 4. The third-order valence-corrected chi connectivity index (χ3v) is 3.54. The van der Waals surface area contributed by atoms with Crippen molar-refractivity contribution in [2.45, 2.75) is 13.0 Å². The monoisotopic (exact) mass is 297 g/mol. The number of nitrogens with zero attached hydrogens (tertiary/aromatic N) is 2. The van der Waals surface area contributed by atoms with Gasteiger partial charge in [0, 0.05) is 12.1 Å². The number of imidazole rings is 1. The molecule has 0 aliphatic heterocycles. The first-order valence-electron chi connectivity index (χ1n) is 6.84. The zero-order chi connectivity index (χ0) is 15.5. The number of nitrogens with one attached hydrogen (secondary N) is 1. The van der Waals surface area contributed by atoms with Crippen LogP contribution in [0.5, 0.6) is 5.75 Å². The van der Waals surface area contributed by atoms with Crippen LogP contribution in [0.25, 0.3) is 11.0 Å². The van der Waals surface area contributed by atoms with Gasteiger partial charge in [0.05, 0.1) is 17.4 Å². The lowest BCUT2D eigenvalue weighted by Gasteiger charge is -2.06. The van der Waals surface area contributed by atoms with E-state index in [0.717, 1.165) is 23.0 Å². The number of aryl methyl sites for hydroxylation is 2. The Morgan fingerprint density at radius 1 is 1.23 bits per heavy atom. The standard InChI is InChI=1S/C16H15N3O3/c20-13-3-1-2-11(8-13)6-7-19-10-17-14-5-4-12(9-15(14)19)16(21)18-22/h1-5,8-10,20,22H,6-7H2,(H,18,21). The molecule has 0 unspecified atom stereocenters. The van der Waals surface area contributed by atoms with E-state index in [-0.39, 0.29) is 5.75 Å². The number of aromatic nitrogens is 2. The van der Waals surface area contributed by atoms with Crippen LogP contribution in [0.4, 0.5) is 0 Å². The lowest BCUT2D eigenvalue weighted by Crippen LogP contribution is -2.18. The van der Waals surface area contributed by atoms with Crippen LogP contribution in [0.15, 0.2) is 48.8 Å². The average Bonchev–Trinajstić information content (AvgIpc) is 2.94. The molecule has 1 aromatic heterocycles. The van der Waals surface area contributed by atoms with Gasteiger partial charge in [-0.1, -0.05) is 12.1 Å². The molecule has 3 rings (SSSR count). The fourth-order valence-corrected chi connectivity index (χ4v) is 2.40. The Labute approximate surface area is 126 Å². The summed E-state index contributed by atoms with van der Waals surface area (Å²) >= 11 is 0. The summed E-state index contributed by atoms with van der Waals surface area (Å²) < 4.78 is 1.94. The maximum absolute atomic E-state index is 11.5. The molecule has 112 valence electrons. The van der Waals surface area contributed by atoms with Crippen LogP contribution in [-0.2, 0) is 13.0 Å². The van der Waals surface area contributed by atoms with Gasteiger partial charge in [0.25, 0.3) is 5.91 Å². The number of fused-ring (bicyclic) bond motifs is 1. The Hall–Kier alpha value is -2.86. The molecule has 3 aromatic rings. The SMILES string of the molecule is O=C(NO)c1ccc2ncn(CCc3cccc(O)c3)c2c1. The first kappa shape index (κ1) is 14.1. The van der Waals surface area contributed by atoms with Gasteiger partial charge >= 0.3 is 0 Å². The van der Waals surface area contributed by atoms with Crippen LogP contribution < -0.4 is 5.48 Å². The van der Waals surface area contributed by atoms with E-state index >= 15 is 0 Å². The summed E-state index contributed by atoms with van der Waals surface area (Å²) in [6.45, 7) is 0.671. The molecule has 6 heteroatoms. The van der Waals surface area contributed by atoms with E-state index in [4.69, 9.17) is 5.21 Å². The van der Waals surface area contributed by atoms with Gasteiger partial charge in [0.15, 0.2) is 0 Å². The minimum Gasteiger partial charge on any atom is -0.508 e. The minimum absolute atomic E-state index is 0.245. The number of amides is 1. The minimum atomic E-state index is -0.553. The summed E-state index contributed by atoms with van der Waals surface area (Å²) in [7, 11) is 0. The number of carbonyl (C=O) groups excluding carboxylic acids is 1. The summed E-state index contributed by atoms with van der Waals surface area (Å²) in [4.78, 5) is 15.8. The molecule has 0 spiro atoms. The molecule has 0 fully saturated rings. The lowest BCUT2D eigenvalue weighted by atomic mass is 10.1. The maximum Gasteiger partial charge on any atom is 0.274 e. The summed E-state index contributed by atoms with van der Waals surface area (Å²) in [5.74, 6) is -0.308. The van der Waals surface area contributed by atoms with Crippen molar-refractivity contribution < 1.29 is 15.1 Å². The molecular weight excluding hydrogens is 282 g/mol. The van der Waals surface area contributed by atoms with Gasteiger partial charge in [0.1, 0.15) is 5.75 Å². The molecule has 0 saturated carbocycles. The molecule has 6 nitrogen and oxygen atoms in total. The topological polar surface area (TPSA) is 87.4 Å². The van der Waals surface area contributed by atoms with Gasteiger partial charge in [-0.2, -0.15) is 0 Å². The summed E-state index contributed by atoms with van der Waals surface area (Å²) in [6.07, 6.45) is 2.45. The number of hydrogen-bond donors (Lipinski definition) is 3. The molecule has 1 amide bonds. The molecule has 0 radical (unpaired) electrons. The van der Waals surface area contributed by atoms with Gasteiger partial charge in [0.2, 0.25) is 0 Å². The lowest BCUT2D eigenvalue weighted by molar-refractivity contribution is 0.0706. The Morgan fingerprint density at radius 2 is 2.09 bits per heavy atom. The Bertz CT molecular complexity index is 826. The first-order valence-corrected chi connectivity index (χ1v) is 6.84. The quantitative estimate of drug-likeness (QED) is 0.508. The Kier molecular flexibility index (Phi) is 3.76. The Morgan fingerprint density at radius 3 is 2.86 bits per heavy atom. The smallest absolute Gasteiger partial charge is 0.274 e. The highest BCUT2D eigenvalue weighted by Crippen LogP contribution is 2.17. The third-order valence-electron chi connectivity index (χ3n) is 3.54. The molecule has 0 bridgehead atoms. The summed E-state index contributed by atoms with van der Waals surface area (Å²) in [5, 5.41) is 18.2. The average molecular weight is 297 g/mol. The number of phenolic OH excluding ortho intramolecular Hbond substituents is 1. The highest BCUT2D eigenvalue weighted by Gasteiger charge is 2.08. The highest BCUT2D eigenvalue weighted by molar-refractivity contribution is 5.96. The third kappa shape index (κ3) is 2.77. The van der Waals surface area contributed by atoms with E-state index in [1.54, 1.807) is 48.2 Å². The van der Waals surface area contributed by atoms with Gasteiger partial charge in [-0.05, 0) is 42.3 Å². The molecule has 2 aromatic carbocycles. The van der Waals surface area contributed by atoms with Crippen molar-refractivity contribution in [2.24, 2.45) is 0 Å². The second-order valence-corrected chi connectivity index (χ2v) is 5.00. The zero-order valence-corrected chi connectivity index (χ0v) is 11.7. The van der Waals surface area contributed by atoms with Crippen molar-refractivity contribution in [2.75, 3.05) is 0 Å².